The normalized spacial score (nSPS) is 16.3. The number of urea groups is 1. The Bertz CT molecular complexity index is 1830. The van der Waals surface area contributed by atoms with E-state index in [1.165, 1.54) is 19.5 Å². The van der Waals surface area contributed by atoms with Gasteiger partial charge in [0.15, 0.2) is 5.82 Å². The first kappa shape index (κ1) is 32.6. The number of hydrogen-bond donors (Lipinski definition) is 3. The number of halogens is 4. The number of benzene rings is 1. The summed E-state index contributed by atoms with van der Waals surface area (Å²) in [7, 11) is 1.47. The van der Waals surface area contributed by atoms with Gasteiger partial charge in [0.05, 0.1) is 36.4 Å². The lowest BCUT2D eigenvalue weighted by molar-refractivity contribution is -0.137. The van der Waals surface area contributed by atoms with Crippen LogP contribution in [0.15, 0.2) is 67.5 Å². The van der Waals surface area contributed by atoms with Crippen molar-refractivity contribution >= 4 is 29.4 Å². The van der Waals surface area contributed by atoms with E-state index in [4.69, 9.17) is 16.3 Å². The van der Waals surface area contributed by atoms with E-state index in [0.29, 0.717) is 49.3 Å². The molecule has 1 aliphatic carbocycles. The molecule has 0 aliphatic heterocycles. The maximum Gasteiger partial charge on any atom is 0.420 e. The van der Waals surface area contributed by atoms with Crippen LogP contribution in [0.4, 0.5) is 29.7 Å². The molecular formula is C31H29ClF3N11O2. The van der Waals surface area contributed by atoms with Gasteiger partial charge in [-0.1, -0.05) is 41.9 Å². The predicted octanol–water partition coefficient (Wildman–Crippen LogP) is 5.93. The van der Waals surface area contributed by atoms with Crippen LogP contribution >= 0.6 is 11.6 Å². The molecule has 0 unspecified atom stereocenters. The van der Waals surface area contributed by atoms with E-state index in [0.717, 1.165) is 11.8 Å². The molecule has 1 fully saturated rings. The number of H-pyrrole nitrogens is 1. The highest BCUT2D eigenvalue weighted by Gasteiger charge is 2.37. The standard InChI is InChI=1S/C31H29ClF3N11O2/c1-48-29-39-12-19(13-40-29)24-16-37-25(17-36-24)46(30(47)41-11-18-5-3-2-4-6-18)21-9-7-20(8-10-21)43-28-38-14-22(31(33,34)35)26(44-28)27-23(32)15-42-45-27/h2-6,12-17,20-21H,7-11H2,1H3,(H,41,47)(H,42,45)(H,38,43,44)/t20-,21-. The van der Waals surface area contributed by atoms with E-state index in [-0.39, 0.29) is 40.8 Å². The zero-order valence-corrected chi connectivity index (χ0v) is 26.2. The molecule has 0 saturated heterocycles. The first-order valence-electron chi connectivity index (χ1n) is 14.9. The zero-order chi connectivity index (χ0) is 33.7. The van der Waals surface area contributed by atoms with Crippen molar-refractivity contribution in [3.63, 3.8) is 0 Å². The molecule has 4 heterocycles. The van der Waals surface area contributed by atoms with E-state index < -0.39 is 17.4 Å². The average Bonchev–Trinajstić information content (AvgIpc) is 3.54. The summed E-state index contributed by atoms with van der Waals surface area (Å²) in [5.41, 5.74) is 0.595. The molecular weight excluding hydrogens is 651 g/mol. The number of rotatable bonds is 9. The Morgan fingerprint density at radius 3 is 2.35 bits per heavy atom. The number of aromatic nitrogens is 8. The summed E-state index contributed by atoms with van der Waals surface area (Å²) in [6, 6.07) is 9.01. The van der Waals surface area contributed by atoms with Crippen molar-refractivity contribution in [3.05, 3.63) is 83.7 Å². The molecule has 48 heavy (non-hydrogen) atoms. The van der Waals surface area contributed by atoms with Crippen LogP contribution in [0, 0.1) is 0 Å². The lowest BCUT2D eigenvalue weighted by Crippen LogP contribution is -2.49. The Balaban J connectivity index is 1.18. The molecule has 0 radical (unpaired) electrons. The summed E-state index contributed by atoms with van der Waals surface area (Å²) in [5, 5.41) is 12.4. The van der Waals surface area contributed by atoms with Crippen LogP contribution in [0.3, 0.4) is 0 Å². The number of aromatic amines is 1. The number of carbonyl (C=O) groups excluding carboxylic acids is 1. The van der Waals surface area contributed by atoms with Gasteiger partial charge in [-0.3, -0.25) is 15.0 Å². The second kappa shape index (κ2) is 14.2. The molecule has 2 amide bonds. The van der Waals surface area contributed by atoms with E-state index >= 15 is 0 Å². The Kier molecular flexibility index (Phi) is 9.61. The van der Waals surface area contributed by atoms with Gasteiger partial charge in [-0.15, -0.1) is 0 Å². The fourth-order valence-corrected chi connectivity index (χ4v) is 5.59. The van der Waals surface area contributed by atoms with Crippen molar-refractivity contribution in [1.82, 2.24) is 45.4 Å². The van der Waals surface area contributed by atoms with Crippen molar-refractivity contribution in [2.75, 3.05) is 17.3 Å². The van der Waals surface area contributed by atoms with Gasteiger partial charge in [0, 0.05) is 42.8 Å². The fraction of sp³-hybridized carbons (Fsp3) is 0.290. The number of alkyl halides is 3. The van der Waals surface area contributed by atoms with Gasteiger partial charge in [-0.05, 0) is 31.2 Å². The molecule has 0 spiro atoms. The predicted molar refractivity (Wildman–Crippen MR) is 170 cm³/mol. The minimum absolute atomic E-state index is 0.00440. The van der Waals surface area contributed by atoms with Crippen LogP contribution < -0.4 is 20.3 Å². The van der Waals surface area contributed by atoms with Crippen LogP contribution in [0.1, 0.15) is 36.8 Å². The van der Waals surface area contributed by atoms with Gasteiger partial charge in [0.2, 0.25) is 5.95 Å². The largest absolute Gasteiger partial charge is 0.467 e. The number of nitrogens with one attached hydrogen (secondary N) is 3. The lowest BCUT2D eigenvalue weighted by Gasteiger charge is -2.36. The van der Waals surface area contributed by atoms with Gasteiger partial charge in [-0.2, -0.15) is 18.3 Å². The third-order valence-electron chi connectivity index (χ3n) is 7.82. The number of amides is 2. The molecule has 6 rings (SSSR count). The van der Waals surface area contributed by atoms with Gasteiger partial charge in [0.1, 0.15) is 17.0 Å². The maximum absolute atomic E-state index is 13.7. The minimum atomic E-state index is -4.70. The van der Waals surface area contributed by atoms with Crippen molar-refractivity contribution in [3.8, 4) is 28.7 Å². The minimum Gasteiger partial charge on any atom is -0.467 e. The van der Waals surface area contributed by atoms with E-state index in [9.17, 15) is 18.0 Å². The summed E-state index contributed by atoms with van der Waals surface area (Å²) in [5.74, 6) is 0.385. The second-order valence-corrected chi connectivity index (χ2v) is 11.3. The first-order valence-corrected chi connectivity index (χ1v) is 15.3. The van der Waals surface area contributed by atoms with Crippen LogP contribution in [-0.2, 0) is 12.7 Å². The highest BCUT2D eigenvalue weighted by Crippen LogP contribution is 2.38. The van der Waals surface area contributed by atoms with Crippen LogP contribution in [0.2, 0.25) is 5.02 Å². The van der Waals surface area contributed by atoms with Gasteiger partial charge in [0.25, 0.3) is 0 Å². The molecule has 0 bridgehead atoms. The highest BCUT2D eigenvalue weighted by molar-refractivity contribution is 6.32. The van der Waals surface area contributed by atoms with Gasteiger partial charge >= 0.3 is 18.2 Å². The maximum atomic E-state index is 13.7. The number of hydrogen-bond acceptors (Lipinski definition) is 10. The Morgan fingerprint density at radius 2 is 1.73 bits per heavy atom. The Labute approximate surface area is 277 Å². The molecule has 1 saturated carbocycles. The van der Waals surface area contributed by atoms with E-state index in [1.807, 2.05) is 30.3 Å². The third kappa shape index (κ3) is 7.43. The molecule has 13 nitrogen and oxygen atoms in total. The molecule has 4 aromatic heterocycles. The Hall–Kier alpha value is -5.38. The number of carbonyl (C=O) groups is 1. The second-order valence-electron chi connectivity index (χ2n) is 10.9. The summed E-state index contributed by atoms with van der Waals surface area (Å²) in [6.45, 7) is 0.315. The van der Waals surface area contributed by atoms with Crippen molar-refractivity contribution < 1.29 is 22.7 Å². The molecule has 248 valence electrons. The van der Waals surface area contributed by atoms with Gasteiger partial charge < -0.3 is 15.4 Å². The summed E-state index contributed by atoms with van der Waals surface area (Å²) in [4.78, 5) is 40.7. The topological polar surface area (TPSA) is 160 Å². The van der Waals surface area contributed by atoms with Crippen LogP contribution in [-0.4, -0.2) is 65.3 Å². The number of anilines is 2. The highest BCUT2D eigenvalue weighted by atomic mass is 35.5. The van der Waals surface area contributed by atoms with E-state index in [1.54, 1.807) is 23.5 Å². The first-order chi connectivity index (χ1) is 23.2. The number of nitrogens with zero attached hydrogens (tertiary/aromatic N) is 8. The molecule has 5 aromatic rings. The molecule has 1 aliphatic rings. The molecule has 17 heteroatoms. The summed E-state index contributed by atoms with van der Waals surface area (Å²) in [6.07, 6.45) is 5.74. The summed E-state index contributed by atoms with van der Waals surface area (Å²) >= 11 is 6.07. The molecule has 1 aromatic carbocycles. The monoisotopic (exact) mass is 679 g/mol. The van der Waals surface area contributed by atoms with Crippen molar-refractivity contribution in [2.45, 2.75) is 50.5 Å². The fourth-order valence-electron chi connectivity index (χ4n) is 5.41. The smallest absolute Gasteiger partial charge is 0.420 e. The SMILES string of the molecule is COc1ncc(-c2cnc(N(C(=O)NCc3ccccc3)[C@H]3CC[C@H](Nc4ncc(C(F)(F)F)c(-c5[nH]ncc5Cl)n4)CC3)cn2)cn1. The van der Waals surface area contributed by atoms with Crippen molar-refractivity contribution in [1.29, 1.82) is 0 Å². The number of ether oxygens (including phenoxy) is 1. The van der Waals surface area contributed by atoms with E-state index in [2.05, 4.69) is 50.7 Å². The summed E-state index contributed by atoms with van der Waals surface area (Å²) < 4.78 is 46.2. The van der Waals surface area contributed by atoms with Crippen molar-refractivity contribution in [2.24, 2.45) is 0 Å². The molecule has 3 N–H and O–H groups in total. The molecule has 0 atom stereocenters. The van der Waals surface area contributed by atoms with Crippen LogP contribution in [0.25, 0.3) is 22.6 Å². The quantitative estimate of drug-likeness (QED) is 0.170. The third-order valence-corrected chi connectivity index (χ3v) is 8.10. The Morgan fingerprint density at radius 1 is 0.979 bits per heavy atom. The number of methoxy groups -OCH3 is 1. The zero-order valence-electron chi connectivity index (χ0n) is 25.4. The van der Waals surface area contributed by atoms with Gasteiger partial charge in [-0.25, -0.2) is 29.7 Å². The van der Waals surface area contributed by atoms with Crippen LogP contribution in [0.5, 0.6) is 6.01 Å². The average molecular weight is 680 g/mol. The lowest BCUT2D eigenvalue weighted by atomic mass is 9.90.